The van der Waals surface area contributed by atoms with E-state index >= 15 is 0 Å². The van der Waals surface area contributed by atoms with Crippen molar-refractivity contribution in [2.75, 3.05) is 11.1 Å². The Morgan fingerprint density at radius 2 is 1.78 bits per heavy atom. The summed E-state index contributed by atoms with van der Waals surface area (Å²) in [5.41, 5.74) is 0.325. The third kappa shape index (κ3) is 4.60. The van der Waals surface area contributed by atoms with Gasteiger partial charge in [-0.1, -0.05) is 15.9 Å². The van der Waals surface area contributed by atoms with Gasteiger partial charge in [-0.25, -0.2) is 18.2 Å². The average molecular weight is 399 g/mol. The zero-order chi connectivity index (χ0) is 17.0. The molecule has 1 aromatic carbocycles. The number of pyridine rings is 1. The van der Waals surface area contributed by atoms with Crippen molar-refractivity contribution in [1.29, 1.82) is 0 Å². The van der Waals surface area contributed by atoms with E-state index in [2.05, 4.69) is 26.2 Å². The van der Waals surface area contributed by atoms with E-state index in [1.807, 2.05) is 0 Å². The number of halogens is 1. The van der Waals surface area contributed by atoms with Gasteiger partial charge in [0.25, 0.3) is 0 Å². The molecule has 120 valence electrons. The number of carbonyl (C=O) groups is 2. The van der Waals surface area contributed by atoms with Crippen LogP contribution in [0.1, 0.15) is 10.4 Å². The monoisotopic (exact) mass is 398 g/mol. The molecule has 2 aromatic rings. The molecule has 2 N–H and O–H groups in total. The van der Waals surface area contributed by atoms with Gasteiger partial charge in [0.05, 0.1) is 5.56 Å². The van der Waals surface area contributed by atoms with Gasteiger partial charge in [0.2, 0.25) is 15.7 Å². The van der Waals surface area contributed by atoms with E-state index < -0.39 is 27.5 Å². The number of aromatic nitrogens is 1. The number of nitrogens with one attached hydrogen (secondary N) is 1. The Morgan fingerprint density at radius 1 is 1.13 bits per heavy atom. The van der Waals surface area contributed by atoms with Crippen LogP contribution in [0.4, 0.5) is 5.69 Å². The fourth-order valence-electron chi connectivity index (χ4n) is 1.67. The summed E-state index contributed by atoms with van der Waals surface area (Å²) in [5, 5.41) is 10.9. The Bertz CT molecular complexity index is 832. The summed E-state index contributed by atoms with van der Waals surface area (Å²) in [6.45, 7) is 0. The maximum absolute atomic E-state index is 12.1. The second kappa shape index (κ2) is 6.88. The molecule has 0 aliphatic carbocycles. The Labute approximate surface area is 140 Å². The molecular weight excluding hydrogens is 388 g/mol. The topological polar surface area (TPSA) is 113 Å². The number of sulfone groups is 1. The van der Waals surface area contributed by atoms with Crippen LogP contribution in [0.3, 0.4) is 0 Å². The Hall–Kier alpha value is -2.26. The highest BCUT2D eigenvalue weighted by molar-refractivity contribution is 9.10. The van der Waals surface area contributed by atoms with Gasteiger partial charge in [-0.2, -0.15) is 0 Å². The van der Waals surface area contributed by atoms with E-state index in [-0.39, 0.29) is 10.6 Å². The van der Waals surface area contributed by atoms with E-state index in [1.54, 1.807) is 24.3 Å². The minimum Gasteiger partial charge on any atom is -0.478 e. The highest BCUT2D eigenvalue weighted by Crippen LogP contribution is 2.15. The van der Waals surface area contributed by atoms with Gasteiger partial charge >= 0.3 is 5.97 Å². The molecule has 0 saturated heterocycles. The molecule has 0 unspecified atom stereocenters. The molecule has 0 spiro atoms. The second-order valence-corrected chi connectivity index (χ2v) is 7.36. The van der Waals surface area contributed by atoms with Gasteiger partial charge < -0.3 is 10.4 Å². The third-order valence-corrected chi connectivity index (χ3v) is 4.80. The van der Waals surface area contributed by atoms with E-state index in [0.29, 0.717) is 5.69 Å². The van der Waals surface area contributed by atoms with Crippen LogP contribution in [0, 0.1) is 0 Å². The van der Waals surface area contributed by atoms with E-state index in [1.165, 1.54) is 0 Å². The van der Waals surface area contributed by atoms with Crippen molar-refractivity contribution in [2.45, 2.75) is 5.03 Å². The number of carbonyl (C=O) groups excluding carboxylic acids is 1. The quantitative estimate of drug-likeness (QED) is 0.795. The number of nitrogens with zero attached hydrogens (tertiary/aromatic N) is 1. The number of carboxylic acid groups (broad SMARTS) is 1. The van der Waals surface area contributed by atoms with Gasteiger partial charge in [-0.05, 0) is 36.4 Å². The summed E-state index contributed by atoms with van der Waals surface area (Å²) in [6, 6.07) is 8.83. The lowest BCUT2D eigenvalue weighted by Gasteiger charge is -2.06. The van der Waals surface area contributed by atoms with Crippen LogP contribution in [0.5, 0.6) is 0 Å². The number of anilines is 1. The number of benzene rings is 1. The molecule has 9 heteroatoms. The molecule has 0 fully saturated rings. The second-order valence-electron chi connectivity index (χ2n) is 4.50. The fraction of sp³-hybridized carbons (Fsp3) is 0.0714. The maximum Gasteiger partial charge on any atom is 0.337 e. The molecule has 1 amide bonds. The van der Waals surface area contributed by atoms with Crippen molar-refractivity contribution in [2.24, 2.45) is 0 Å². The van der Waals surface area contributed by atoms with Crippen molar-refractivity contribution >= 4 is 43.3 Å². The highest BCUT2D eigenvalue weighted by Gasteiger charge is 2.21. The summed E-state index contributed by atoms with van der Waals surface area (Å²) in [4.78, 5) is 26.1. The molecule has 2 rings (SSSR count). The van der Waals surface area contributed by atoms with Crippen molar-refractivity contribution in [3.63, 3.8) is 0 Å². The van der Waals surface area contributed by atoms with Gasteiger partial charge in [0.15, 0.2) is 5.03 Å². The van der Waals surface area contributed by atoms with Crippen LogP contribution in [-0.4, -0.2) is 36.1 Å². The van der Waals surface area contributed by atoms with Crippen LogP contribution in [0.2, 0.25) is 0 Å². The third-order valence-electron chi connectivity index (χ3n) is 2.75. The predicted octanol–water partition coefficient (Wildman–Crippen LogP) is 1.95. The lowest BCUT2D eigenvalue weighted by atomic mass is 10.3. The molecule has 0 aliphatic rings. The zero-order valence-electron chi connectivity index (χ0n) is 11.6. The Morgan fingerprint density at radius 3 is 2.30 bits per heavy atom. The van der Waals surface area contributed by atoms with Gasteiger partial charge in [-0.15, -0.1) is 0 Å². The molecule has 0 saturated carbocycles. The summed E-state index contributed by atoms with van der Waals surface area (Å²) in [6.07, 6.45) is 0.932. The lowest BCUT2D eigenvalue weighted by molar-refractivity contribution is -0.113. The Balaban J connectivity index is 2.09. The maximum atomic E-state index is 12.1. The first-order valence-electron chi connectivity index (χ1n) is 6.25. The molecule has 0 radical (unpaired) electrons. The molecule has 0 atom stereocenters. The van der Waals surface area contributed by atoms with Crippen LogP contribution in [0.15, 0.2) is 52.1 Å². The van der Waals surface area contributed by atoms with Crippen LogP contribution < -0.4 is 5.32 Å². The van der Waals surface area contributed by atoms with Crippen molar-refractivity contribution in [1.82, 2.24) is 4.98 Å². The minimum atomic E-state index is -3.96. The lowest BCUT2D eigenvalue weighted by Crippen LogP contribution is -2.23. The fourth-order valence-corrected chi connectivity index (χ4v) is 2.99. The number of carboxylic acids is 1. The van der Waals surface area contributed by atoms with Crippen molar-refractivity contribution in [3.8, 4) is 0 Å². The molecule has 7 nitrogen and oxygen atoms in total. The summed E-state index contributed by atoms with van der Waals surface area (Å²) >= 11 is 3.25. The van der Waals surface area contributed by atoms with E-state index in [0.717, 1.165) is 22.8 Å². The molecule has 1 aromatic heterocycles. The van der Waals surface area contributed by atoms with Crippen molar-refractivity contribution in [3.05, 3.63) is 52.6 Å². The number of rotatable bonds is 5. The molecule has 1 heterocycles. The standard InChI is InChI=1S/C14H11BrN2O5S/c15-10-2-4-11(5-3-10)17-12(18)8-23(21,22)13-6-1-9(7-16-13)14(19)20/h1-7H,8H2,(H,17,18)(H,19,20). The first kappa shape index (κ1) is 17.1. The normalized spacial score (nSPS) is 11.0. The number of hydrogen-bond acceptors (Lipinski definition) is 5. The smallest absolute Gasteiger partial charge is 0.337 e. The molecule has 0 aliphatic heterocycles. The number of hydrogen-bond donors (Lipinski definition) is 2. The first-order valence-corrected chi connectivity index (χ1v) is 8.70. The minimum absolute atomic E-state index is 0.136. The largest absolute Gasteiger partial charge is 0.478 e. The molecule has 23 heavy (non-hydrogen) atoms. The average Bonchev–Trinajstić information content (AvgIpc) is 2.49. The van der Waals surface area contributed by atoms with Gasteiger partial charge in [0.1, 0.15) is 5.75 Å². The van der Waals surface area contributed by atoms with Crippen LogP contribution in [0.25, 0.3) is 0 Å². The van der Waals surface area contributed by atoms with Crippen LogP contribution >= 0.6 is 15.9 Å². The summed E-state index contributed by atoms with van der Waals surface area (Å²) in [5.74, 6) is -2.71. The van der Waals surface area contributed by atoms with Gasteiger partial charge in [-0.3, -0.25) is 4.79 Å². The SMILES string of the molecule is O=C(CS(=O)(=O)c1ccc(C(=O)O)cn1)Nc1ccc(Br)cc1. The number of amides is 1. The molecular formula is C14H11BrN2O5S. The highest BCUT2D eigenvalue weighted by atomic mass is 79.9. The van der Waals surface area contributed by atoms with Gasteiger partial charge in [0, 0.05) is 16.4 Å². The van der Waals surface area contributed by atoms with E-state index in [9.17, 15) is 18.0 Å². The predicted molar refractivity (Wildman–Crippen MR) is 86.0 cm³/mol. The summed E-state index contributed by atoms with van der Waals surface area (Å²) < 4.78 is 25.0. The molecule has 0 bridgehead atoms. The zero-order valence-corrected chi connectivity index (χ0v) is 14.0. The van der Waals surface area contributed by atoms with Crippen molar-refractivity contribution < 1.29 is 23.1 Å². The number of aromatic carboxylic acids is 1. The Kier molecular flexibility index (Phi) is 5.12. The van der Waals surface area contributed by atoms with Crippen LogP contribution in [-0.2, 0) is 14.6 Å². The summed E-state index contributed by atoms with van der Waals surface area (Å²) in [7, 11) is -3.96. The van der Waals surface area contributed by atoms with E-state index in [4.69, 9.17) is 5.11 Å². The first-order chi connectivity index (χ1) is 10.8.